The number of anilines is 1. The fourth-order valence-electron chi connectivity index (χ4n) is 5.30. The van der Waals surface area contributed by atoms with Crippen molar-refractivity contribution in [2.75, 3.05) is 11.9 Å². The van der Waals surface area contributed by atoms with E-state index in [0.717, 1.165) is 5.56 Å². The van der Waals surface area contributed by atoms with Crippen LogP contribution in [0, 0.1) is 17.0 Å². The maximum absolute atomic E-state index is 14.0. The molecule has 0 saturated heterocycles. The van der Waals surface area contributed by atoms with E-state index in [2.05, 4.69) is 5.32 Å². The number of para-hydroxylation sites is 1. The number of carbonyl (C=O) groups is 1. The SMILES string of the molecule is CCOc1ccc([C@@H]2C(C(=O)Nc3ccccc3)=C(C)N=c3s/c(=C\c4ccc(-c5ccc([N+](=O)[O-])cc5C)o4)c(=O)n32)cc1. The monoisotopic (exact) mass is 620 g/mol. The molecule has 0 spiro atoms. The predicted molar refractivity (Wildman–Crippen MR) is 172 cm³/mol. The van der Waals surface area contributed by atoms with Crippen molar-refractivity contribution in [3.05, 3.63) is 143 Å². The van der Waals surface area contributed by atoms with Crippen molar-refractivity contribution >= 4 is 34.7 Å². The fourth-order valence-corrected chi connectivity index (χ4v) is 6.33. The molecule has 0 aliphatic carbocycles. The summed E-state index contributed by atoms with van der Waals surface area (Å²) in [6.07, 6.45) is 1.65. The minimum atomic E-state index is -0.738. The van der Waals surface area contributed by atoms with Crippen molar-refractivity contribution in [3.8, 4) is 17.1 Å². The first-order valence-corrected chi connectivity index (χ1v) is 15.0. The molecule has 5 aromatic rings. The zero-order valence-electron chi connectivity index (χ0n) is 24.6. The standard InChI is InChI=1S/C34H28N4O6S/c1-4-43-25-13-10-22(11-14-25)31-30(32(39)36-23-8-6-5-7-9-23)21(3)35-34-37(31)33(40)29(45-34)19-26-15-17-28(44-26)27-16-12-24(38(41)42)18-20(27)2/h5-19,31H,4H2,1-3H3,(H,36,39)/b29-19-/t31-/m1/s1. The second-order valence-corrected chi connectivity index (χ2v) is 11.4. The average molecular weight is 621 g/mol. The van der Waals surface area contributed by atoms with E-state index in [4.69, 9.17) is 14.1 Å². The van der Waals surface area contributed by atoms with E-state index in [1.165, 1.54) is 23.5 Å². The van der Waals surface area contributed by atoms with Gasteiger partial charge in [0.25, 0.3) is 17.2 Å². The number of thiazole rings is 1. The molecule has 226 valence electrons. The highest BCUT2D eigenvalue weighted by atomic mass is 32.1. The fraction of sp³-hybridized carbons (Fsp3) is 0.147. The normalized spacial score (nSPS) is 14.6. The summed E-state index contributed by atoms with van der Waals surface area (Å²) in [5.41, 5.74) is 3.30. The Bertz CT molecular complexity index is 2140. The van der Waals surface area contributed by atoms with Gasteiger partial charge in [0.15, 0.2) is 4.80 Å². The predicted octanol–water partition coefficient (Wildman–Crippen LogP) is 5.75. The van der Waals surface area contributed by atoms with E-state index in [-0.39, 0.29) is 17.2 Å². The van der Waals surface area contributed by atoms with Crippen molar-refractivity contribution in [1.82, 2.24) is 4.57 Å². The van der Waals surface area contributed by atoms with Crippen molar-refractivity contribution < 1.29 is 18.9 Å². The highest BCUT2D eigenvalue weighted by Gasteiger charge is 2.32. The second kappa shape index (κ2) is 12.2. The zero-order valence-corrected chi connectivity index (χ0v) is 25.5. The summed E-state index contributed by atoms with van der Waals surface area (Å²) in [6, 6.07) is 23.8. The highest BCUT2D eigenvalue weighted by molar-refractivity contribution is 7.07. The van der Waals surface area contributed by atoms with Crippen LogP contribution in [0.25, 0.3) is 17.4 Å². The third-order valence-electron chi connectivity index (χ3n) is 7.39. The van der Waals surface area contributed by atoms with Crippen LogP contribution >= 0.6 is 11.3 Å². The van der Waals surface area contributed by atoms with Gasteiger partial charge in [-0.2, -0.15) is 0 Å². The number of nitro benzene ring substituents is 1. The van der Waals surface area contributed by atoms with Crippen molar-refractivity contribution in [2.45, 2.75) is 26.8 Å². The van der Waals surface area contributed by atoms with Gasteiger partial charge < -0.3 is 14.5 Å². The van der Waals surface area contributed by atoms with Crippen LogP contribution in [0.15, 0.2) is 110 Å². The second-order valence-electron chi connectivity index (χ2n) is 10.4. The lowest BCUT2D eigenvalue weighted by Gasteiger charge is -2.25. The summed E-state index contributed by atoms with van der Waals surface area (Å²) in [7, 11) is 0. The number of hydrogen-bond acceptors (Lipinski definition) is 8. The molecular formula is C34H28N4O6S. The number of allylic oxidation sites excluding steroid dienone is 1. The smallest absolute Gasteiger partial charge is 0.271 e. The van der Waals surface area contributed by atoms with Gasteiger partial charge in [-0.15, -0.1) is 0 Å². The number of hydrogen-bond donors (Lipinski definition) is 1. The number of nitro groups is 1. The van der Waals surface area contributed by atoms with Gasteiger partial charge in [-0.05, 0) is 74.4 Å². The topological polar surface area (TPSA) is 129 Å². The maximum Gasteiger partial charge on any atom is 0.271 e. The molecular weight excluding hydrogens is 592 g/mol. The van der Waals surface area contributed by atoms with E-state index in [0.29, 0.717) is 61.3 Å². The third-order valence-corrected chi connectivity index (χ3v) is 8.37. The number of rotatable bonds is 8. The van der Waals surface area contributed by atoms with Gasteiger partial charge in [-0.1, -0.05) is 41.7 Å². The quantitative estimate of drug-likeness (QED) is 0.174. The van der Waals surface area contributed by atoms with E-state index < -0.39 is 11.0 Å². The lowest BCUT2D eigenvalue weighted by molar-refractivity contribution is -0.384. The Morgan fingerprint density at radius 2 is 1.84 bits per heavy atom. The summed E-state index contributed by atoms with van der Waals surface area (Å²) < 4.78 is 13.6. The molecule has 0 unspecified atom stereocenters. The van der Waals surface area contributed by atoms with E-state index in [9.17, 15) is 19.7 Å². The lowest BCUT2D eigenvalue weighted by Crippen LogP contribution is -2.40. The van der Waals surface area contributed by atoms with Crippen molar-refractivity contribution in [3.63, 3.8) is 0 Å². The van der Waals surface area contributed by atoms with E-state index >= 15 is 0 Å². The number of nitrogens with one attached hydrogen (secondary N) is 1. The molecule has 3 aromatic carbocycles. The zero-order chi connectivity index (χ0) is 31.7. The van der Waals surface area contributed by atoms with Crippen LogP contribution in [-0.4, -0.2) is 22.0 Å². The number of fused-ring (bicyclic) bond motifs is 1. The van der Waals surface area contributed by atoms with E-state index in [1.54, 1.807) is 54.8 Å². The first-order chi connectivity index (χ1) is 21.7. The Labute approximate surface area is 261 Å². The van der Waals surface area contributed by atoms with Gasteiger partial charge in [0.2, 0.25) is 0 Å². The molecule has 0 saturated carbocycles. The van der Waals surface area contributed by atoms with Gasteiger partial charge in [-0.3, -0.25) is 24.3 Å². The summed E-state index contributed by atoms with van der Waals surface area (Å²) in [4.78, 5) is 43.6. The van der Waals surface area contributed by atoms with Gasteiger partial charge >= 0.3 is 0 Å². The molecule has 0 fully saturated rings. The number of nitrogens with zero attached hydrogens (tertiary/aromatic N) is 3. The molecule has 1 N–H and O–H groups in total. The molecule has 11 heteroatoms. The minimum absolute atomic E-state index is 0.00154. The molecule has 1 aliphatic heterocycles. The molecule has 6 rings (SSSR count). The van der Waals surface area contributed by atoms with Crippen LogP contribution in [0.1, 0.15) is 36.8 Å². The Hall–Kier alpha value is -5.55. The Balaban J connectivity index is 1.42. The van der Waals surface area contributed by atoms with Crippen LogP contribution in [-0.2, 0) is 4.79 Å². The Morgan fingerprint density at radius 3 is 2.53 bits per heavy atom. The number of ether oxygens (including phenoxy) is 1. The molecule has 2 aromatic heterocycles. The minimum Gasteiger partial charge on any atom is -0.494 e. The molecule has 0 bridgehead atoms. The number of aryl methyl sites for hydroxylation is 1. The molecule has 45 heavy (non-hydrogen) atoms. The summed E-state index contributed by atoms with van der Waals surface area (Å²) in [6.45, 7) is 5.96. The number of carbonyl (C=O) groups excluding carboxylic acids is 1. The molecule has 10 nitrogen and oxygen atoms in total. The van der Waals surface area contributed by atoms with Crippen LogP contribution in [0.5, 0.6) is 5.75 Å². The van der Waals surface area contributed by atoms with Crippen LogP contribution in [0.2, 0.25) is 0 Å². The molecule has 3 heterocycles. The van der Waals surface area contributed by atoms with Crippen LogP contribution in [0.4, 0.5) is 11.4 Å². The van der Waals surface area contributed by atoms with Crippen LogP contribution < -0.4 is 24.9 Å². The van der Waals surface area contributed by atoms with Crippen molar-refractivity contribution in [2.24, 2.45) is 4.99 Å². The van der Waals surface area contributed by atoms with Gasteiger partial charge in [0.05, 0.1) is 33.4 Å². The summed E-state index contributed by atoms with van der Waals surface area (Å²) >= 11 is 1.20. The number of non-ortho nitro benzene ring substituents is 1. The van der Waals surface area contributed by atoms with Crippen molar-refractivity contribution in [1.29, 1.82) is 0 Å². The Kier molecular flexibility index (Phi) is 8.01. The highest BCUT2D eigenvalue weighted by Crippen LogP contribution is 2.32. The Morgan fingerprint density at radius 1 is 1.09 bits per heavy atom. The number of benzene rings is 3. The molecule has 1 atom stereocenters. The van der Waals surface area contributed by atoms with Crippen LogP contribution in [0.3, 0.4) is 0 Å². The largest absolute Gasteiger partial charge is 0.494 e. The maximum atomic E-state index is 14.0. The number of aromatic nitrogens is 1. The first-order valence-electron chi connectivity index (χ1n) is 14.2. The summed E-state index contributed by atoms with van der Waals surface area (Å²) in [5, 5.41) is 14.1. The lowest BCUT2D eigenvalue weighted by atomic mass is 9.95. The number of furan rings is 1. The molecule has 1 amide bonds. The van der Waals surface area contributed by atoms with E-state index in [1.807, 2.05) is 49.4 Å². The van der Waals surface area contributed by atoms with Gasteiger partial charge in [0.1, 0.15) is 17.3 Å². The number of amides is 1. The first kappa shape index (κ1) is 29.5. The van der Waals surface area contributed by atoms with Gasteiger partial charge in [-0.25, -0.2) is 4.99 Å². The third kappa shape index (κ3) is 5.85. The molecule has 1 aliphatic rings. The van der Waals surface area contributed by atoms with Gasteiger partial charge in [0, 0.05) is 29.5 Å². The molecule has 0 radical (unpaired) electrons. The summed E-state index contributed by atoms with van der Waals surface area (Å²) in [5.74, 6) is 1.28. The average Bonchev–Trinajstić information content (AvgIpc) is 3.61.